The van der Waals surface area contributed by atoms with Gasteiger partial charge in [0, 0.05) is 19.1 Å². The van der Waals surface area contributed by atoms with Crippen LogP contribution in [0.3, 0.4) is 0 Å². The lowest BCUT2D eigenvalue weighted by molar-refractivity contribution is -0.137. The molecular formula is C14H27N3O3. The van der Waals surface area contributed by atoms with Gasteiger partial charge in [-0.3, -0.25) is 14.9 Å². The third kappa shape index (κ3) is 5.46. The fourth-order valence-electron chi connectivity index (χ4n) is 2.16. The third-order valence-electron chi connectivity index (χ3n) is 3.61. The van der Waals surface area contributed by atoms with Crippen LogP contribution in [0.15, 0.2) is 0 Å². The molecule has 0 spiro atoms. The standard InChI is InChI=1S/C14H27N3O3/c1-4-12(5-2)16-13(18)10-15-11(3)14(19)17-6-8-20-9-7-17/h11-12,15H,4-10H2,1-3H3,(H,16,18). The van der Waals surface area contributed by atoms with Gasteiger partial charge in [-0.05, 0) is 19.8 Å². The number of carbonyl (C=O) groups excluding carboxylic acids is 2. The zero-order chi connectivity index (χ0) is 15.0. The molecule has 0 bridgehead atoms. The number of ether oxygens (including phenoxy) is 1. The Kier molecular flexibility index (Phi) is 7.54. The van der Waals surface area contributed by atoms with Crippen LogP contribution in [-0.4, -0.2) is 61.6 Å². The minimum Gasteiger partial charge on any atom is -0.378 e. The summed E-state index contributed by atoms with van der Waals surface area (Å²) in [7, 11) is 0. The summed E-state index contributed by atoms with van der Waals surface area (Å²) in [4.78, 5) is 25.7. The van der Waals surface area contributed by atoms with E-state index in [-0.39, 0.29) is 30.4 Å². The van der Waals surface area contributed by atoms with Gasteiger partial charge in [0.1, 0.15) is 0 Å². The normalized spacial score (nSPS) is 17.1. The molecule has 6 nitrogen and oxygen atoms in total. The SMILES string of the molecule is CCC(CC)NC(=O)CNC(C)C(=O)N1CCOCC1. The van der Waals surface area contributed by atoms with Gasteiger partial charge in [-0.25, -0.2) is 0 Å². The molecule has 1 saturated heterocycles. The fraction of sp³-hybridized carbons (Fsp3) is 0.857. The van der Waals surface area contributed by atoms with Crippen LogP contribution in [0.2, 0.25) is 0 Å². The average molecular weight is 285 g/mol. The zero-order valence-electron chi connectivity index (χ0n) is 12.8. The molecule has 2 amide bonds. The summed E-state index contributed by atoms with van der Waals surface area (Å²) < 4.78 is 5.22. The highest BCUT2D eigenvalue weighted by Crippen LogP contribution is 2.00. The van der Waals surface area contributed by atoms with Crippen LogP contribution in [0.4, 0.5) is 0 Å². The van der Waals surface area contributed by atoms with Gasteiger partial charge in [0.05, 0.1) is 25.8 Å². The molecule has 0 radical (unpaired) electrons. The Morgan fingerprint density at radius 2 is 1.80 bits per heavy atom. The second kappa shape index (κ2) is 8.92. The van der Waals surface area contributed by atoms with E-state index in [4.69, 9.17) is 4.74 Å². The first kappa shape index (κ1) is 16.9. The van der Waals surface area contributed by atoms with E-state index in [0.717, 1.165) is 12.8 Å². The van der Waals surface area contributed by atoms with Gasteiger partial charge in [0.25, 0.3) is 0 Å². The number of nitrogens with one attached hydrogen (secondary N) is 2. The van der Waals surface area contributed by atoms with Crippen LogP contribution in [0, 0.1) is 0 Å². The highest BCUT2D eigenvalue weighted by molar-refractivity contribution is 5.83. The van der Waals surface area contributed by atoms with E-state index in [2.05, 4.69) is 10.6 Å². The number of hydrogen-bond acceptors (Lipinski definition) is 4. The maximum atomic E-state index is 12.1. The van der Waals surface area contributed by atoms with Crippen molar-refractivity contribution >= 4 is 11.8 Å². The molecule has 20 heavy (non-hydrogen) atoms. The molecular weight excluding hydrogens is 258 g/mol. The van der Waals surface area contributed by atoms with Crippen molar-refractivity contribution in [3.05, 3.63) is 0 Å². The number of rotatable bonds is 7. The van der Waals surface area contributed by atoms with Crippen molar-refractivity contribution in [2.45, 2.75) is 45.7 Å². The van der Waals surface area contributed by atoms with E-state index in [1.165, 1.54) is 0 Å². The molecule has 1 fully saturated rings. The Labute approximate surface area is 121 Å². The molecule has 1 heterocycles. The molecule has 0 aromatic heterocycles. The van der Waals surface area contributed by atoms with E-state index in [1.54, 1.807) is 11.8 Å². The molecule has 2 N–H and O–H groups in total. The molecule has 1 aliphatic heterocycles. The number of amides is 2. The van der Waals surface area contributed by atoms with Gasteiger partial charge >= 0.3 is 0 Å². The lowest BCUT2D eigenvalue weighted by Gasteiger charge is -2.29. The van der Waals surface area contributed by atoms with Gasteiger partial charge < -0.3 is 15.0 Å². The molecule has 0 aromatic carbocycles. The van der Waals surface area contributed by atoms with Crippen LogP contribution in [0.5, 0.6) is 0 Å². The molecule has 6 heteroatoms. The van der Waals surface area contributed by atoms with Crippen LogP contribution in [0.25, 0.3) is 0 Å². The van der Waals surface area contributed by atoms with E-state index >= 15 is 0 Å². The van der Waals surface area contributed by atoms with Crippen molar-refractivity contribution in [3.8, 4) is 0 Å². The molecule has 116 valence electrons. The van der Waals surface area contributed by atoms with Crippen molar-refractivity contribution in [2.24, 2.45) is 0 Å². The molecule has 1 aliphatic rings. The van der Waals surface area contributed by atoms with Crippen molar-refractivity contribution in [2.75, 3.05) is 32.8 Å². The largest absolute Gasteiger partial charge is 0.378 e. The number of carbonyl (C=O) groups is 2. The first-order valence-electron chi connectivity index (χ1n) is 7.47. The van der Waals surface area contributed by atoms with Crippen LogP contribution in [0.1, 0.15) is 33.6 Å². The minimum absolute atomic E-state index is 0.0311. The van der Waals surface area contributed by atoms with E-state index in [1.807, 2.05) is 13.8 Å². The van der Waals surface area contributed by atoms with E-state index in [0.29, 0.717) is 26.3 Å². The summed E-state index contributed by atoms with van der Waals surface area (Å²) in [6.45, 7) is 8.51. The monoisotopic (exact) mass is 285 g/mol. The molecule has 0 aromatic rings. The van der Waals surface area contributed by atoms with E-state index < -0.39 is 0 Å². The van der Waals surface area contributed by atoms with Crippen molar-refractivity contribution in [1.29, 1.82) is 0 Å². The summed E-state index contributed by atoms with van der Waals surface area (Å²) in [5.74, 6) is -0.0241. The Bertz CT molecular complexity index is 313. The van der Waals surface area contributed by atoms with Gasteiger partial charge in [-0.1, -0.05) is 13.8 Å². The zero-order valence-corrected chi connectivity index (χ0v) is 12.8. The molecule has 1 atom stereocenters. The summed E-state index contributed by atoms with van der Waals surface area (Å²) in [5.41, 5.74) is 0. The third-order valence-corrected chi connectivity index (χ3v) is 3.61. The van der Waals surface area contributed by atoms with Crippen molar-refractivity contribution < 1.29 is 14.3 Å². The highest BCUT2D eigenvalue weighted by atomic mass is 16.5. The van der Waals surface area contributed by atoms with Crippen molar-refractivity contribution in [1.82, 2.24) is 15.5 Å². The minimum atomic E-state index is -0.347. The maximum absolute atomic E-state index is 12.1. The first-order valence-corrected chi connectivity index (χ1v) is 7.47. The van der Waals surface area contributed by atoms with Crippen LogP contribution in [-0.2, 0) is 14.3 Å². The Morgan fingerprint density at radius 1 is 1.20 bits per heavy atom. The summed E-state index contributed by atoms with van der Waals surface area (Å²) in [5, 5.41) is 5.93. The number of nitrogens with zero attached hydrogens (tertiary/aromatic N) is 1. The maximum Gasteiger partial charge on any atom is 0.239 e. The van der Waals surface area contributed by atoms with Gasteiger partial charge in [-0.2, -0.15) is 0 Å². The smallest absolute Gasteiger partial charge is 0.239 e. The van der Waals surface area contributed by atoms with Crippen LogP contribution >= 0.6 is 0 Å². The first-order chi connectivity index (χ1) is 9.58. The fourth-order valence-corrected chi connectivity index (χ4v) is 2.16. The van der Waals surface area contributed by atoms with Crippen LogP contribution < -0.4 is 10.6 Å². The molecule has 1 rings (SSSR count). The van der Waals surface area contributed by atoms with Crippen molar-refractivity contribution in [3.63, 3.8) is 0 Å². The topological polar surface area (TPSA) is 70.7 Å². The quantitative estimate of drug-likeness (QED) is 0.697. The second-order valence-corrected chi connectivity index (χ2v) is 5.12. The van der Waals surface area contributed by atoms with Gasteiger partial charge in [-0.15, -0.1) is 0 Å². The Hall–Kier alpha value is -1.14. The molecule has 1 unspecified atom stereocenters. The van der Waals surface area contributed by atoms with E-state index in [9.17, 15) is 9.59 Å². The Balaban J connectivity index is 2.29. The lowest BCUT2D eigenvalue weighted by atomic mass is 10.2. The predicted molar refractivity (Wildman–Crippen MR) is 77.4 cm³/mol. The predicted octanol–water partition coefficient (Wildman–Crippen LogP) is 0.128. The average Bonchev–Trinajstić information content (AvgIpc) is 2.50. The van der Waals surface area contributed by atoms with Gasteiger partial charge in [0.15, 0.2) is 0 Å². The van der Waals surface area contributed by atoms with Gasteiger partial charge in [0.2, 0.25) is 11.8 Å². The summed E-state index contributed by atoms with van der Waals surface area (Å²) >= 11 is 0. The summed E-state index contributed by atoms with van der Waals surface area (Å²) in [6, 6.07) is -0.130. The highest BCUT2D eigenvalue weighted by Gasteiger charge is 2.22. The lowest BCUT2D eigenvalue weighted by Crippen LogP contribution is -2.51. The second-order valence-electron chi connectivity index (χ2n) is 5.12. The molecule has 0 aliphatic carbocycles. The Morgan fingerprint density at radius 3 is 2.35 bits per heavy atom. The number of hydrogen-bond donors (Lipinski definition) is 2. The molecule has 0 saturated carbocycles. The number of morpholine rings is 1. The summed E-state index contributed by atoms with van der Waals surface area (Å²) in [6.07, 6.45) is 1.84.